The van der Waals surface area contributed by atoms with Crippen LogP contribution in [0.4, 0.5) is 0 Å². The monoisotopic (exact) mass is 373 g/mol. The molecular weight excluding hydrogens is 350 g/mol. The van der Waals surface area contributed by atoms with E-state index in [1.807, 2.05) is 30.0 Å². The summed E-state index contributed by atoms with van der Waals surface area (Å²) in [4.78, 5) is 24.5. The smallest absolute Gasteiger partial charge is 0.265 e. The number of rotatable bonds is 4. The van der Waals surface area contributed by atoms with Crippen LogP contribution < -0.4 is 0 Å². The van der Waals surface area contributed by atoms with E-state index in [-0.39, 0.29) is 5.91 Å². The van der Waals surface area contributed by atoms with Crippen molar-refractivity contribution in [2.45, 2.75) is 38.4 Å². The first kappa shape index (κ1) is 17.6. The number of nitrogens with zero attached hydrogens (tertiary/aromatic N) is 3. The van der Waals surface area contributed by atoms with E-state index in [9.17, 15) is 4.79 Å². The number of piperidine rings is 1. The lowest BCUT2D eigenvalue weighted by atomic mass is 10.0. The molecule has 2 fully saturated rings. The summed E-state index contributed by atoms with van der Waals surface area (Å²) in [5.41, 5.74) is 1.87. The van der Waals surface area contributed by atoms with Gasteiger partial charge in [-0.2, -0.15) is 0 Å². The summed E-state index contributed by atoms with van der Waals surface area (Å²) in [6, 6.07) is 5.92. The second kappa shape index (κ2) is 7.42. The Morgan fingerprint density at radius 2 is 2.00 bits per heavy atom. The van der Waals surface area contributed by atoms with Crippen molar-refractivity contribution in [2.75, 3.05) is 26.3 Å². The van der Waals surface area contributed by atoms with Gasteiger partial charge in [0, 0.05) is 44.2 Å². The van der Waals surface area contributed by atoms with Crippen LogP contribution in [0.2, 0.25) is 0 Å². The van der Waals surface area contributed by atoms with E-state index < -0.39 is 5.79 Å². The molecule has 0 bridgehead atoms. The minimum atomic E-state index is -0.451. The fourth-order valence-corrected chi connectivity index (χ4v) is 4.55. The molecule has 2 aromatic rings. The van der Waals surface area contributed by atoms with Crippen molar-refractivity contribution in [3.05, 3.63) is 45.7 Å². The van der Waals surface area contributed by atoms with E-state index in [1.54, 1.807) is 6.20 Å². The second-order valence-electron chi connectivity index (χ2n) is 6.74. The van der Waals surface area contributed by atoms with Gasteiger partial charge in [-0.1, -0.05) is 6.07 Å². The summed E-state index contributed by atoms with van der Waals surface area (Å²) < 4.78 is 11.5. The van der Waals surface area contributed by atoms with Crippen molar-refractivity contribution < 1.29 is 14.3 Å². The van der Waals surface area contributed by atoms with Crippen LogP contribution in [0.5, 0.6) is 0 Å². The van der Waals surface area contributed by atoms with E-state index >= 15 is 0 Å². The maximum Gasteiger partial charge on any atom is 0.265 e. The predicted molar refractivity (Wildman–Crippen MR) is 98.3 cm³/mol. The van der Waals surface area contributed by atoms with Gasteiger partial charge in [-0.25, -0.2) is 4.98 Å². The van der Waals surface area contributed by atoms with Crippen LogP contribution in [-0.4, -0.2) is 52.9 Å². The first-order valence-corrected chi connectivity index (χ1v) is 9.90. The number of hydrogen-bond acceptors (Lipinski definition) is 6. The molecule has 0 unspecified atom stereocenters. The number of aromatic nitrogens is 2. The Hall–Kier alpha value is -1.83. The highest BCUT2D eigenvalue weighted by atomic mass is 32.1. The number of carbonyl (C=O) groups is 1. The van der Waals surface area contributed by atoms with Crippen molar-refractivity contribution >= 4 is 17.2 Å². The molecule has 4 rings (SSSR count). The molecule has 26 heavy (non-hydrogen) atoms. The summed E-state index contributed by atoms with van der Waals surface area (Å²) in [5.74, 6) is -0.371. The normalized spacial score (nSPS) is 19.2. The highest BCUT2D eigenvalue weighted by Crippen LogP contribution is 2.32. The molecule has 6 nitrogen and oxygen atoms in total. The molecule has 2 saturated heterocycles. The molecule has 2 aliphatic rings. The molecule has 7 heteroatoms. The standard InChI is InChI=1S/C19H23N3O3S/c1-14-17(26-16(21-14)6-5-15-4-2-3-9-20-15)18(23)22-10-7-19(8-11-22)24-12-13-25-19/h2-4,9H,5-8,10-13H2,1H3. The Bertz CT molecular complexity index is 762. The molecule has 0 saturated carbocycles. The maximum atomic E-state index is 12.9. The van der Waals surface area contributed by atoms with Crippen LogP contribution >= 0.6 is 11.3 Å². The summed E-state index contributed by atoms with van der Waals surface area (Å²) in [6.07, 6.45) is 4.92. The van der Waals surface area contributed by atoms with Gasteiger partial charge in [-0.15, -0.1) is 11.3 Å². The van der Waals surface area contributed by atoms with Crippen molar-refractivity contribution in [3.63, 3.8) is 0 Å². The van der Waals surface area contributed by atoms with E-state index in [0.29, 0.717) is 26.3 Å². The van der Waals surface area contributed by atoms with Crippen molar-refractivity contribution in [2.24, 2.45) is 0 Å². The highest BCUT2D eigenvalue weighted by molar-refractivity contribution is 7.13. The van der Waals surface area contributed by atoms with Crippen LogP contribution in [0.3, 0.4) is 0 Å². The molecule has 1 amide bonds. The quantitative estimate of drug-likeness (QED) is 0.824. The fourth-order valence-electron chi connectivity index (χ4n) is 3.52. The van der Waals surface area contributed by atoms with E-state index in [4.69, 9.17) is 9.47 Å². The lowest BCUT2D eigenvalue weighted by molar-refractivity contribution is -0.181. The van der Waals surface area contributed by atoms with E-state index in [2.05, 4.69) is 9.97 Å². The number of hydrogen-bond donors (Lipinski definition) is 0. The molecule has 0 N–H and O–H groups in total. The van der Waals surface area contributed by atoms with E-state index in [0.717, 1.165) is 47.0 Å². The lowest BCUT2D eigenvalue weighted by Gasteiger charge is -2.37. The fraction of sp³-hybridized carbons (Fsp3) is 0.526. The molecule has 0 aliphatic carbocycles. The third-order valence-electron chi connectivity index (χ3n) is 4.98. The average molecular weight is 373 g/mol. The third kappa shape index (κ3) is 3.65. The van der Waals surface area contributed by atoms with Crippen molar-refractivity contribution in [1.82, 2.24) is 14.9 Å². The SMILES string of the molecule is Cc1nc(CCc2ccccn2)sc1C(=O)N1CCC2(CC1)OCCO2. The van der Waals surface area contributed by atoms with Crippen LogP contribution in [0, 0.1) is 6.92 Å². The number of thiazole rings is 1. The number of ether oxygens (including phenoxy) is 2. The zero-order valence-corrected chi connectivity index (χ0v) is 15.8. The summed E-state index contributed by atoms with van der Waals surface area (Å²) >= 11 is 1.51. The highest BCUT2D eigenvalue weighted by Gasteiger charge is 2.41. The first-order valence-electron chi connectivity index (χ1n) is 9.09. The topological polar surface area (TPSA) is 64.6 Å². The van der Waals surface area contributed by atoms with Crippen molar-refractivity contribution in [3.8, 4) is 0 Å². The number of likely N-dealkylation sites (tertiary alicyclic amines) is 1. The molecule has 2 aromatic heterocycles. The summed E-state index contributed by atoms with van der Waals surface area (Å²) in [7, 11) is 0. The molecule has 0 atom stereocenters. The largest absolute Gasteiger partial charge is 0.347 e. The van der Waals surface area contributed by atoms with Crippen LogP contribution in [-0.2, 0) is 22.3 Å². The van der Waals surface area contributed by atoms with Gasteiger partial charge in [0.15, 0.2) is 5.79 Å². The average Bonchev–Trinajstić information content (AvgIpc) is 3.28. The maximum absolute atomic E-state index is 12.9. The zero-order chi connectivity index (χ0) is 18.0. The minimum Gasteiger partial charge on any atom is -0.347 e. The molecule has 2 aliphatic heterocycles. The van der Waals surface area contributed by atoms with Crippen LogP contribution in [0.15, 0.2) is 24.4 Å². The Morgan fingerprint density at radius 1 is 1.23 bits per heavy atom. The molecular formula is C19H23N3O3S. The molecule has 0 aromatic carbocycles. The number of amides is 1. The van der Waals surface area contributed by atoms with Gasteiger partial charge in [0.05, 0.1) is 23.9 Å². The summed E-state index contributed by atoms with van der Waals surface area (Å²) in [6.45, 7) is 4.56. The van der Waals surface area contributed by atoms with Crippen molar-refractivity contribution in [1.29, 1.82) is 0 Å². The second-order valence-corrected chi connectivity index (χ2v) is 7.83. The third-order valence-corrected chi connectivity index (χ3v) is 6.19. The van der Waals surface area contributed by atoms with Gasteiger partial charge in [-0.3, -0.25) is 9.78 Å². The van der Waals surface area contributed by atoms with Gasteiger partial charge < -0.3 is 14.4 Å². The number of carbonyl (C=O) groups excluding carboxylic acids is 1. The Kier molecular flexibility index (Phi) is 5.02. The van der Waals surface area contributed by atoms with Crippen LogP contribution in [0.25, 0.3) is 0 Å². The Morgan fingerprint density at radius 3 is 2.69 bits per heavy atom. The van der Waals surface area contributed by atoms with Crippen LogP contribution in [0.1, 0.15) is 38.9 Å². The Labute approximate surface area is 157 Å². The molecule has 1 spiro atoms. The van der Waals surface area contributed by atoms with Gasteiger partial charge in [-0.05, 0) is 25.5 Å². The van der Waals surface area contributed by atoms with Gasteiger partial charge in [0.25, 0.3) is 5.91 Å². The zero-order valence-electron chi connectivity index (χ0n) is 14.9. The minimum absolute atomic E-state index is 0.0805. The lowest BCUT2D eigenvalue weighted by Crippen LogP contribution is -2.47. The summed E-state index contributed by atoms with van der Waals surface area (Å²) in [5, 5.41) is 0.993. The predicted octanol–water partition coefficient (Wildman–Crippen LogP) is 2.61. The molecule has 0 radical (unpaired) electrons. The first-order chi connectivity index (χ1) is 12.7. The van der Waals surface area contributed by atoms with Gasteiger partial charge >= 0.3 is 0 Å². The molecule has 138 valence electrons. The molecule has 4 heterocycles. The Balaban J connectivity index is 1.38. The van der Waals surface area contributed by atoms with Gasteiger partial charge in [0.2, 0.25) is 0 Å². The number of aryl methyl sites for hydroxylation is 3. The van der Waals surface area contributed by atoms with Gasteiger partial charge in [0.1, 0.15) is 4.88 Å². The van der Waals surface area contributed by atoms with E-state index in [1.165, 1.54) is 11.3 Å². The number of pyridine rings is 1.